The van der Waals surface area contributed by atoms with Crippen LogP contribution in [0.25, 0.3) is 17.1 Å². The average molecular weight is 518 g/mol. The van der Waals surface area contributed by atoms with Crippen molar-refractivity contribution in [1.29, 1.82) is 0 Å². The summed E-state index contributed by atoms with van der Waals surface area (Å²) in [5, 5.41) is 13.4. The molecule has 4 rings (SSSR count). The van der Waals surface area contributed by atoms with Crippen molar-refractivity contribution in [3.05, 3.63) is 78.4 Å². The van der Waals surface area contributed by atoms with Crippen LogP contribution in [0.2, 0.25) is 0 Å². The van der Waals surface area contributed by atoms with Gasteiger partial charge in [-0.05, 0) is 55.0 Å². The van der Waals surface area contributed by atoms with E-state index in [9.17, 15) is 4.79 Å². The molecule has 4 aromatic rings. The number of hydrazone groups is 1. The van der Waals surface area contributed by atoms with E-state index in [1.54, 1.807) is 32.6 Å². The molecule has 0 aliphatic carbocycles. The Kier molecular flexibility index (Phi) is 8.77. The molecule has 1 aromatic heterocycles. The number of methoxy groups -OCH3 is 2. The van der Waals surface area contributed by atoms with E-state index in [-0.39, 0.29) is 11.7 Å². The Morgan fingerprint density at radius 1 is 1.00 bits per heavy atom. The third kappa shape index (κ3) is 6.47. The van der Waals surface area contributed by atoms with Gasteiger partial charge in [0.05, 0.1) is 32.8 Å². The van der Waals surface area contributed by atoms with Gasteiger partial charge in [0.1, 0.15) is 5.75 Å². The number of carbonyl (C=O) groups is 1. The topological polar surface area (TPSA) is 99.9 Å². The zero-order valence-electron chi connectivity index (χ0n) is 20.7. The molecule has 0 aliphatic rings. The van der Waals surface area contributed by atoms with Gasteiger partial charge < -0.3 is 14.2 Å². The second kappa shape index (κ2) is 12.6. The van der Waals surface area contributed by atoms with Crippen molar-refractivity contribution in [3.63, 3.8) is 0 Å². The zero-order valence-corrected chi connectivity index (χ0v) is 21.6. The number of benzene rings is 3. The van der Waals surface area contributed by atoms with Crippen LogP contribution in [0.1, 0.15) is 12.5 Å². The summed E-state index contributed by atoms with van der Waals surface area (Å²) in [6.07, 6.45) is 1.54. The molecule has 190 valence electrons. The van der Waals surface area contributed by atoms with Gasteiger partial charge in [-0.2, -0.15) is 5.10 Å². The van der Waals surface area contributed by atoms with E-state index in [2.05, 4.69) is 20.7 Å². The van der Waals surface area contributed by atoms with Gasteiger partial charge in [0.15, 0.2) is 22.5 Å². The first-order valence-electron chi connectivity index (χ1n) is 11.5. The number of thioether (sulfide) groups is 1. The van der Waals surface area contributed by atoms with E-state index < -0.39 is 0 Å². The van der Waals surface area contributed by atoms with E-state index >= 15 is 0 Å². The van der Waals surface area contributed by atoms with Gasteiger partial charge in [-0.25, -0.2) is 5.43 Å². The van der Waals surface area contributed by atoms with Crippen LogP contribution in [0.15, 0.2) is 83.1 Å². The summed E-state index contributed by atoms with van der Waals surface area (Å²) in [5.74, 6) is 2.49. The molecule has 3 aromatic carbocycles. The van der Waals surface area contributed by atoms with Crippen molar-refractivity contribution in [3.8, 4) is 34.3 Å². The minimum atomic E-state index is -0.274. The lowest BCUT2D eigenvalue weighted by molar-refractivity contribution is -0.118. The van der Waals surface area contributed by atoms with E-state index in [0.717, 1.165) is 22.6 Å². The molecule has 0 radical (unpaired) electrons. The van der Waals surface area contributed by atoms with Crippen LogP contribution in [0.5, 0.6) is 17.2 Å². The van der Waals surface area contributed by atoms with Crippen LogP contribution >= 0.6 is 11.8 Å². The van der Waals surface area contributed by atoms with E-state index in [4.69, 9.17) is 14.2 Å². The molecule has 0 unspecified atom stereocenters. The standard InChI is InChI=1S/C27H27N5O4S/c1-4-36-22-13-11-21(12-14-22)32-26(20-8-6-5-7-9-20)30-31-27(32)37-18-25(33)29-28-17-19-10-15-23(34-2)24(16-19)35-3/h5-17H,4,18H2,1-3H3,(H,29,33)/b28-17-. The summed E-state index contributed by atoms with van der Waals surface area (Å²) in [7, 11) is 3.14. The highest BCUT2D eigenvalue weighted by Crippen LogP contribution is 2.29. The summed E-state index contributed by atoms with van der Waals surface area (Å²) in [4.78, 5) is 12.5. The molecule has 0 fully saturated rings. The van der Waals surface area contributed by atoms with E-state index in [1.165, 1.54) is 11.8 Å². The first kappa shape index (κ1) is 25.8. The Hall–Kier alpha value is -4.31. The molecule has 1 heterocycles. The molecular weight excluding hydrogens is 490 g/mol. The molecular formula is C27H27N5O4S. The van der Waals surface area contributed by atoms with Crippen molar-refractivity contribution in [1.82, 2.24) is 20.2 Å². The van der Waals surface area contributed by atoms with Crippen molar-refractivity contribution in [2.24, 2.45) is 5.10 Å². The minimum absolute atomic E-state index is 0.104. The van der Waals surface area contributed by atoms with Gasteiger partial charge in [-0.15, -0.1) is 10.2 Å². The van der Waals surface area contributed by atoms with Crippen molar-refractivity contribution >= 4 is 23.9 Å². The van der Waals surface area contributed by atoms with Gasteiger partial charge in [0.25, 0.3) is 5.91 Å². The molecule has 1 amide bonds. The number of nitrogens with one attached hydrogen (secondary N) is 1. The number of ether oxygens (including phenoxy) is 3. The first-order valence-corrected chi connectivity index (χ1v) is 12.5. The smallest absolute Gasteiger partial charge is 0.250 e. The molecule has 1 N–H and O–H groups in total. The molecule has 0 spiro atoms. The number of hydrogen-bond acceptors (Lipinski definition) is 8. The molecule has 0 saturated carbocycles. The molecule has 9 nitrogen and oxygen atoms in total. The van der Waals surface area contributed by atoms with Crippen molar-refractivity contribution in [2.45, 2.75) is 12.1 Å². The number of carbonyl (C=O) groups excluding carboxylic acids is 1. The Balaban J connectivity index is 1.47. The third-order valence-corrected chi connectivity index (χ3v) is 6.14. The molecule has 0 aliphatic heterocycles. The van der Waals surface area contributed by atoms with E-state index in [1.807, 2.05) is 72.2 Å². The lowest BCUT2D eigenvalue weighted by Gasteiger charge is -2.11. The normalized spacial score (nSPS) is 10.9. The maximum atomic E-state index is 12.5. The maximum Gasteiger partial charge on any atom is 0.250 e. The van der Waals surface area contributed by atoms with Crippen LogP contribution in [-0.4, -0.2) is 53.5 Å². The quantitative estimate of drug-likeness (QED) is 0.176. The minimum Gasteiger partial charge on any atom is -0.494 e. The fourth-order valence-electron chi connectivity index (χ4n) is 3.50. The monoisotopic (exact) mass is 517 g/mol. The predicted molar refractivity (Wildman–Crippen MR) is 144 cm³/mol. The van der Waals surface area contributed by atoms with Crippen molar-refractivity contribution in [2.75, 3.05) is 26.6 Å². The first-order chi connectivity index (χ1) is 18.1. The molecule has 10 heteroatoms. The van der Waals surface area contributed by atoms with Crippen LogP contribution < -0.4 is 19.6 Å². The van der Waals surface area contributed by atoms with Crippen LogP contribution in [-0.2, 0) is 4.79 Å². The highest BCUT2D eigenvalue weighted by molar-refractivity contribution is 7.99. The van der Waals surface area contributed by atoms with Gasteiger partial charge in [0, 0.05) is 11.3 Å². The maximum absolute atomic E-state index is 12.5. The van der Waals surface area contributed by atoms with Crippen LogP contribution in [0.3, 0.4) is 0 Å². The number of hydrogen-bond donors (Lipinski definition) is 1. The summed E-state index contributed by atoms with van der Waals surface area (Å²) in [6, 6.07) is 22.8. The molecule has 0 bridgehead atoms. The molecule has 37 heavy (non-hydrogen) atoms. The number of rotatable bonds is 11. The van der Waals surface area contributed by atoms with Crippen molar-refractivity contribution < 1.29 is 19.0 Å². The average Bonchev–Trinajstić information content (AvgIpc) is 3.37. The number of amides is 1. The van der Waals surface area contributed by atoms with Gasteiger partial charge in [-0.1, -0.05) is 42.1 Å². The van der Waals surface area contributed by atoms with Crippen LogP contribution in [0, 0.1) is 0 Å². The second-order valence-corrected chi connectivity index (χ2v) is 8.57. The van der Waals surface area contributed by atoms with Gasteiger partial charge in [0.2, 0.25) is 0 Å². The summed E-state index contributed by atoms with van der Waals surface area (Å²) in [6.45, 7) is 2.53. The Morgan fingerprint density at radius 2 is 1.76 bits per heavy atom. The lowest BCUT2D eigenvalue weighted by atomic mass is 10.2. The van der Waals surface area contributed by atoms with Gasteiger partial charge >= 0.3 is 0 Å². The van der Waals surface area contributed by atoms with Gasteiger partial charge in [-0.3, -0.25) is 9.36 Å². The largest absolute Gasteiger partial charge is 0.494 e. The zero-order chi connectivity index (χ0) is 26.0. The fourth-order valence-corrected chi connectivity index (χ4v) is 4.25. The SMILES string of the molecule is CCOc1ccc(-n2c(SCC(=O)N/N=C\c3ccc(OC)c(OC)c3)nnc2-c2ccccc2)cc1. The Labute approximate surface area is 219 Å². The molecule has 0 atom stereocenters. The number of nitrogens with zero attached hydrogens (tertiary/aromatic N) is 4. The fraction of sp³-hybridized carbons (Fsp3) is 0.185. The third-order valence-electron chi connectivity index (χ3n) is 5.21. The lowest BCUT2D eigenvalue weighted by Crippen LogP contribution is -2.20. The highest BCUT2D eigenvalue weighted by atomic mass is 32.2. The Morgan fingerprint density at radius 3 is 2.46 bits per heavy atom. The second-order valence-electron chi connectivity index (χ2n) is 7.63. The molecule has 0 saturated heterocycles. The number of aromatic nitrogens is 3. The Bertz CT molecular complexity index is 1360. The summed E-state index contributed by atoms with van der Waals surface area (Å²) < 4.78 is 18.0. The summed E-state index contributed by atoms with van der Waals surface area (Å²) >= 11 is 1.27. The van der Waals surface area contributed by atoms with Crippen LogP contribution in [0.4, 0.5) is 0 Å². The summed E-state index contributed by atoms with van der Waals surface area (Å²) in [5.41, 5.74) is 5.09. The van der Waals surface area contributed by atoms with E-state index in [0.29, 0.717) is 29.1 Å². The highest BCUT2D eigenvalue weighted by Gasteiger charge is 2.17. The predicted octanol–water partition coefficient (Wildman–Crippen LogP) is 4.59.